The van der Waals surface area contributed by atoms with Crippen molar-refractivity contribution in [2.24, 2.45) is 0 Å². The molecule has 2 atom stereocenters. The summed E-state index contributed by atoms with van der Waals surface area (Å²) in [5.41, 5.74) is 3.83. The molecule has 0 bridgehead atoms. The Morgan fingerprint density at radius 2 is 2.06 bits per heavy atom. The van der Waals surface area contributed by atoms with Crippen molar-refractivity contribution in [1.29, 1.82) is 5.26 Å². The van der Waals surface area contributed by atoms with Gasteiger partial charge < -0.3 is 19.9 Å². The third kappa shape index (κ3) is 4.59. The van der Waals surface area contributed by atoms with Crippen LogP contribution in [-0.4, -0.2) is 79.4 Å². The van der Waals surface area contributed by atoms with E-state index < -0.39 is 0 Å². The number of piperazine rings is 1. The molecule has 8 nitrogen and oxygen atoms in total. The number of hydrogen-bond acceptors (Lipinski definition) is 9. The summed E-state index contributed by atoms with van der Waals surface area (Å²) >= 11 is 1.86. The number of pyridine rings is 1. The number of nitrogens with zero attached hydrogens (tertiary/aromatic N) is 6. The van der Waals surface area contributed by atoms with Crippen molar-refractivity contribution in [2.75, 3.05) is 62.2 Å². The van der Waals surface area contributed by atoms with Crippen LogP contribution in [0.2, 0.25) is 0 Å². The van der Waals surface area contributed by atoms with E-state index in [-0.39, 0.29) is 12.2 Å². The first-order valence-corrected chi connectivity index (χ1v) is 13.3. The van der Waals surface area contributed by atoms with E-state index in [4.69, 9.17) is 9.72 Å². The van der Waals surface area contributed by atoms with E-state index in [0.717, 1.165) is 81.9 Å². The average Bonchev–Trinajstić information content (AvgIpc) is 3.32. The third-order valence-corrected chi connectivity index (χ3v) is 8.39. The highest BCUT2D eigenvalue weighted by Gasteiger charge is 2.30. The molecule has 0 spiro atoms. The number of aromatic nitrogens is 2. The van der Waals surface area contributed by atoms with Crippen LogP contribution in [0.3, 0.4) is 0 Å². The highest BCUT2D eigenvalue weighted by Crippen LogP contribution is 2.31. The maximum atomic E-state index is 9.50. The monoisotopic (exact) mass is 489 g/mol. The fourth-order valence-electron chi connectivity index (χ4n) is 5.52. The molecule has 0 saturated carbocycles. The summed E-state index contributed by atoms with van der Waals surface area (Å²) in [7, 11) is 0. The minimum Gasteiger partial charge on any atom is -0.370 e. The molecule has 0 unspecified atom stereocenters. The van der Waals surface area contributed by atoms with Crippen LogP contribution in [0.5, 0.6) is 0 Å². The van der Waals surface area contributed by atoms with Gasteiger partial charge in [-0.3, -0.25) is 9.88 Å². The first-order chi connectivity index (χ1) is 17.2. The van der Waals surface area contributed by atoms with E-state index in [1.54, 1.807) is 6.20 Å². The number of fused-ring (bicyclic) bond motifs is 2. The highest BCUT2D eigenvalue weighted by molar-refractivity contribution is 7.15. The SMILES string of the molecule is C[C@@H]1CN(c2ccc(C#N)c3ncccc23)C[C@H](CN2CCN(c3nc4c(s3)CNCC4)CC2)O1. The van der Waals surface area contributed by atoms with Gasteiger partial charge in [-0.2, -0.15) is 5.26 Å². The predicted molar refractivity (Wildman–Crippen MR) is 139 cm³/mol. The Morgan fingerprint density at radius 3 is 2.89 bits per heavy atom. The maximum absolute atomic E-state index is 9.50. The van der Waals surface area contributed by atoms with E-state index in [1.165, 1.54) is 15.7 Å². The van der Waals surface area contributed by atoms with Gasteiger partial charge in [-0.15, -0.1) is 11.3 Å². The molecule has 1 N–H and O–H groups in total. The first kappa shape index (κ1) is 22.7. The van der Waals surface area contributed by atoms with Gasteiger partial charge in [0.05, 0.1) is 29.0 Å². The molecule has 0 amide bonds. The molecule has 2 saturated heterocycles. The second-order valence-electron chi connectivity index (χ2n) is 9.70. The molecule has 182 valence electrons. The standard InChI is InChI=1S/C26H31N7OS/c1-18-15-33(23-5-4-19(13-27)25-21(23)3-2-7-29-25)17-20(34-18)16-31-9-11-32(12-10-31)26-30-22-6-8-28-14-24(22)35-26/h2-5,7,18,20,28H,6,8-12,14-17H2,1H3/t18-,20+/m1/s1. The van der Waals surface area contributed by atoms with E-state index in [0.29, 0.717) is 5.56 Å². The van der Waals surface area contributed by atoms with Crippen LogP contribution in [0.25, 0.3) is 10.9 Å². The number of ether oxygens (including phenoxy) is 1. The van der Waals surface area contributed by atoms with Gasteiger partial charge in [-0.1, -0.05) is 0 Å². The molecule has 5 heterocycles. The largest absolute Gasteiger partial charge is 0.370 e. The second-order valence-corrected chi connectivity index (χ2v) is 10.8. The van der Waals surface area contributed by atoms with Crippen LogP contribution >= 0.6 is 11.3 Å². The summed E-state index contributed by atoms with van der Waals surface area (Å²) in [5, 5.41) is 15.2. The fraction of sp³-hybridized carbons (Fsp3) is 0.500. The lowest BCUT2D eigenvalue weighted by molar-refractivity contribution is -0.0327. The number of thiazole rings is 1. The minimum absolute atomic E-state index is 0.144. The molecule has 9 heteroatoms. The molecule has 35 heavy (non-hydrogen) atoms. The van der Waals surface area contributed by atoms with Crippen molar-refractivity contribution >= 4 is 33.1 Å². The number of morpholine rings is 1. The lowest BCUT2D eigenvalue weighted by Crippen LogP contribution is -2.54. The number of rotatable bonds is 4. The van der Waals surface area contributed by atoms with Crippen molar-refractivity contribution in [3.8, 4) is 6.07 Å². The predicted octanol–water partition coefficient (Wildman–Crippen LogP) is 2.62. The summed E-state index contributed by atoms with van der Waals surface area (Å²) in [4.78, 5) is 18.2. The van der Waals surface area contributed by atoms with Crippen LogP contribution in [0.15, 0.2) is 30.5 Å². The van der Waals surface area contributed by atoms with Crippen molar-refractivity contribution in [3.05, 3.63) is 46.6 Å². The van der Waals surface area contributed by atoms with Crippen LogP contribution in [-0.2, 0) is 17.7 Å². The molecule has 0 radical (unpaired) electrons. The van der Waals surface area contributed by atoms with Crippen LogP contribution < -0.4 is 15.1 Å². The number of benzene rings is 1. The van der Waals surface area contributed by atoms with Crippen LogP contribution in [0.1, 0.15) is 23.1 Å². The maximum Gasteiger partial charge on any atom is 0.185 e. The van der Waals surface area contributed by atoms with Gasteiger partial charge >= 0.3 is 0 Å². The highest BCUT2D eigenvalue weighted by atomic mass is 32.1. The number of anilines is 2. The minimum atomic E-state index is 0.144. The second kappa shape index (κ2) is 9.70. The van der Waals surface area contributed by atoms with Crippen molar-refractivity contribution in [2.45, 2.75) is 32.1 Å². The molecule has 0 aliphatic carbocycles. The summed E-state index contributed by atoms with van der Waals surface area (Å²) in [6, 6.07) is 10.3. The van der Waals surface area contributed by atoms with Gasteiger partial charge in [-0.05, 0) is 31.2 Å². The molecular weight excluding hydrogens is 458 g/mol. The fourth-order valence-corrected chi connectivity index (χ4v) is 6.65. The Morgan fingerprint density at radius 1 is 1.17 bits per heavy atom. The molecule has 2 aromatic heterocycles. The Labute approximate surface area is 210 Å². The van der Waals surface area contributed by atoms with Gasteiger partial charge in [0.1, 0.15) is 6.07 Å². The molecular formula is C26H31N7OS. The van der Waals surface area contributed by atoms with Crippen LogP contribution in [0, 0.1) is 11.3 Å². The number of nitrogens with one attached hydrogen (secondary N) is 1. The van der Waals surface area contributed by atoms with Gasteiger partial charge in [0, 0.05) is 87.5 Å². The molecule has 3 aliphatic heterocycles. The van der Waals surface area contributed by atoms with E-state index >= 15 is 0 Å². The third-order valence-electron chi connectivity index (χ3n) is 7.23. The van der Waals surface area contributed by atoms with E-state index in [2.05, 4.69) is 50.1 Å². The molecule has 3 aliphatic rings. The summed E-state index contributed by atoms with van der Waals surface area (Å²) in [6.45, 7) is 10.8. The summed E-state index contributed by atoms with van der Waals surface area (Å²) in [5.74, 6) is 0. The molecule has 1 aromatic carbocycles. The zero-order chi connectivity index (χ0) is 23.8. The normalized spacial score (nSPS) is 23.3. The first-order valence-electron chi connectivity index (χ1n) is 12.5. The molecule has 3 aromatic rings. The van der Waals surface area contributed by atoms with Crippen molar-refractivity contribution < 1.29 is 4.74 Å². The Balaban J connectivity index is 1.11. The molecule has 2 fully saturated rings. The Kier molecular flexibility index (Phi) is 6.29. The van der Waals surface area contributed by atoms with Crippen molar-refractivity contribution in [3.63, 3.8) is 0 Å². The van der Waals surface area contributed by atoms with E-state index in [9.17, 15) is 5.26 Å². The lowest BCUT2D eigenvalue weighted by Gasteiger charge is -2.42. The smallest absolute Gasteiger partial charge is 0.185 e. The number of hydrogen-bond donors (Lipinski definition) is 1. The lowest BCUT2D eigenvalue weighted by atomic mass is 10.1. The average molecular weight is 490 g/mol. The zero-order valence-corrected chi connectivity index (χ0v) is 20.9. The van der Waals surface area contributed by atoms with Gasteiger partial charge in [-0.25, -0.2) is 4.98 Å². The zero-order valence-electron chi connectivity index (χ0n) is 20.1. The Bertz CT molecular complexity index is 1220. The topological polar surface area (TPSA) is 80.6 Å². The van der Waals surface area contributed by atoms with Gasteiger partial charge in [0.25, 0.3) is 0 Å². The van der Waals surface area contributed by atoms with E-state index in [1.807, 2.05) is 23.5 Å². The number of nitriles is 1. The Hall–Kier alpha value is -2.77. The molecule has 6 rings (SSSR count). The van der Waals surface area contributed by atoms with Crippen LogP contribution in [0.4, 0.5) is 10.8 Å². The summed E-state index contributed by atoms with van der Waals surface area (Å²) < 4.78 is 6.38. The van der Waals surface area contributed by atoms with Crippen molar-refractivity contribution in [1.82, 2.24) is 20.2 Å². The summed E-state index contributed by atoms with van der Waals surface area (Å²) in [6.07, 6.45) is 3.10. The quantitative estimate of drug-likeness (QED) is 0.599. The van der Waals surface area contributed by atoms with Gasteiger partial charge in [0.15, 0.2) is 5.13 Å². The van der Waals surface area contributed by atoms with Gasteiger partial charge in [0.2, 0.25) is 0 Å².